The van der Waals surface area contributed by atoms with Crippen LogP contribution in [-0.4, -0.2) is 34.2 Å². The van der Waals surface area contributed by atoms with Gasteiger partial charge in [0.05, 0.1) is 16.7 Å². The summed E-state index contributed by atoms with van der Waals surface area (Å²) in [7, 11) is 0. The first-order valence-corrected chi connectivity index (χ1v) is 8.58. The average molecular weight is 358 g/mol. The third-order valence-corrected chi connectivity index (χ3v) is 4.88. The van der Waals surface area contributed by atoms with Gasteiger partial charge in [-0.15, -0.1) is 0 Å². The molecular weight excluding hydrogens is 344 g/mol. The smallest absolute Gasteiger partial charge is 0.267 e. The van der Waals surface area contributed by atoms with E-state index in [1.54, 1.807) is 48.7 Å². The van der Waals surface area contributed by atoms with Crippen LogP contribution >= 0.6 is 0 Å². The third-order valence-electron chi connectivity index (χ3n) is 4.88. The van der Waals surface area contributed by atoms with Crippen molar-refractivity contribution in [2.45, 2.75) is 6.42 Å². The van der Waals surface area contributed by atoms with E-state index in [0.717, 1.165) is 28.3 Å². The molecule has 2 aliphatic heterocycles. The van der Waals surface area contributed by atoms with E-state index in [9.17, 15) is 14.4 Å². The van der Waals surface area contributed by atoms with Crippen LogP contribution in [-0.2, 0) is 6.42 Å². The van der Waals surface area contributed by atoms with Crippen molar-refractivity contribution < 1.29 is 14.4 Å². The number of aromatic nitrogens is 2. The summed E-state index contributed by atoms with van der Waals surface area (Å²) in [6.07, 6.45) is 2.28. The topological polar surface area (TPSA) is 95.2 Å². The molecule has 2 N–H and O–H groups in total. The summed E-state index contributed by atoms with van der Waals surface area (Å²) in [6.45, 7) is 0.600. The van der Waals surface area contributed by atoms with Gasteiger partial charge in [-0.3, -0.25) is 14.4 Å². The second-order valence-electron chi connectivity index (χ2n) is 6.48. The summed E-state index contributed by atoms with van der Waals surface area (Å²) in [4.78, 5) is 45.9. The lowest BCUT2D eigenvalue weighted by atomic mass is 10.1. The largest absolute Gasteiger partial charge is 0.358 e. The number of carbonyl (C=O) groups is 3. The second-order valence-corrected chi connectivity index (χ2v) is 6.48. The minimum absolute atomic E-state index is 0.103. The summed E-state index contributed by atoms with van der Waals surface area (Å²) in [6, 6.07) is 12.0. The van der Waals surface area contributed by atoms with Gasteiger partial charge in [0, 0.05) is 36.1 Å². The van der Waals surface area contributed by atoms with Crippen LogP contribution in [0, 0.1) is 0 Å². The average Bonchev–Trinajstić information content (AvgIpc) is 3.23. The van der Waals surface area contributed by atoms with Crippen molar-refractivity contribution in [3.05, 3.63) is 71.0 Å². The molecule has 3 aromatic rings. The molecule has 0 saturated heterocycles. The first-order valence-electron chi connectivity index (χ1n) is 8.58. The maximum Gasteiger partial charge on any atom is 0.267 e. The third kappa shape index (κ3) is 2.28. The van der Waals surface area contributed by atoms with Crippen LogP contribution in [0.15, 0.2) is 48.7 Å². The van der Waals surface area contributed by atoms with Crippen LogP contribution in [0.2, 0.25) is 0 Å². The van der Waals surface area contributed by atoms with Crippen LogP contribution in [0.1, 0.15) is 36.8 Å². The Morgan fingerprint density at radius 1 is 0.926 bits per heavy atom. The number of amides is 3. The van der Waals surface area contributed by atoms with Crippen molar-refractivity contribution in [1.82, 2.24) is 15.3 Å². The normalized spacial score (nSPS) is 15.6. The van der Waals surface area contributed by atoms with E-state index in [-0.39, 0.29) is 23.5 Å². The van der Waals surface area contributed by atoms with Crippen molar-refractivity contribution >= 4 is 23.5 Å². The number of aromatic amines is 1. The van der Waals surface area contributed by atoms with Gasteiger partial charge < -0.3 is 10.3 Å². The molecule has 3 amide bonds. The van der Waals surface area contributed by atoms with E-state index in [2.05, 4.69) is 15.3 Å². The summed E-state index contributed by atoms with van der Waals surface area (Å²) in [5.74, 6) is -0.611. The number of fused-ring (bicyclic) bond motifs is 2. The number of imide groups is 1. The number of nitrogens with zero attached hydrogens (tertiary/aromatic N) is 2. The maximum atomic E-state index is 12.7. The minimum atomic E-state index is -0.384. The molecule has 4 heterocycles. The highest BCUT2D eigenvalue weighted by atomic mass is 16.2. The molecule has 7 heteroatoms. The SMILES string of the molecule is O=C1NCCc2[nH]c(-c3ccnc(N4C(=O)c5ccccc5C4=O)c3)cc21. The molecule has 2 aliphatic rings. The van der Waals surface area contributed by atoms with Gasteiger partial charge in [-0.2, -0.15) is 0 Å². The molecule has 0 unspecified atom stereocenters. The Morgan fingerprint density at radius 2 is 1.67 bits per heavy atom. The van der Waals surface area contributed by atoms with Gasteiger partial charge in [0.15, 0.2) is 0 Å². The zero-order valence-electron chi connectivity index (χ0n) is 14.2. The molecule has 0 spiro atoms. The fourth-order valence-electron chi connectivity index (χ4n) is 3.55. The Labute approximate surface area is 154 Å². The van der Waals surface area contributed by atoms with E-state index >= 15 is 0 Å². The first kappa shape index (κ1) is 15.5. The highest BCUT2D eigenvalue weighted by Gasteiger charge is 2.37. The molecule has 0 saturated carbocycles. The molecule has 0 fully saturated rings. The Hall–Kier alpha value is -3.74. The molecule has 132 valence electrons. The zero-order chi connectivity index (χ0) is 18.5. The summed E-state index contributed by atoms with van der Waals surface area (Å²) >= 11 is 0. The lowest BCUT2D eigenvalue weighted by Gasteiger charge is -2.13. The number of pyridine rings is 1. The summed E-state index contributed by atoms with van der Waals surface area (Å²) < 4.78 is 0. The molecule has 27 heavy (non-hydrogen) atoms. The molecule has 7 nitrogen and oxygen atoms in total. The van der Waals surface area contributed by atoms with Crippen molar-refractivity contribution in [3.8, 4) is 11.3 Å². The van der Waals surface area contributed by atoms with Gasteiger partial charge in [0.2, 0.25) is 0 Å². The predicted molar refractivity (Wildman–Crippen MR) is 97.6 cm³/mol. The Morgan fingerprint density at radius 3 is 2.37 bits per heavy atom. The van der Waals surface area contributed by atoms with E-state index in [1.165, 1.54) is 0 Å². The fraction of sp³-hybridized carbons (Fsp3) is 0.100. The minimum Gasteiger partial charge on any atom is -0.358 e. The summed E-state index contributed by atoms with van der Waals surface area (Å²) in [5.41, 5.74) is 3.75. The van der Waals surface area contributed by atoms with E-state index in [4.69, 9.17) is 0 Å². The van der Waals surface area contributed by atoms with Gasteiger partial charge in [0.1, 0.15) is 5.82 Å². The standard InChI is InChI=1S/C20H14N4O3/c25-18-14-10-16(23-15(14)6-8-22-18)11-5-7-21-17(9-11)24-19(26)12-3-1-2-4-13(12)20(24)27/h1-5,7,9-10,23H,6,8H2,(H,22,25). The van der Waals surface area contributed by atoms with Crippen molar-refractivity contribution in [1.29, 1.82) is 0 Å². The van der Waals surface area contributed by atoms with Crippen molar-refractivity contribution in [2.24, 2.45) is 0 Å². The van der Waals surface area contributed by atoms with Crippen LogP contribution in [0.4, 0.5) is 5.82 Å². The molecule has 2 aromatic heterocycles. The fourth-order valence-corrected chi connectivity index (χ4v) is 3.55. The first-order chi connectivity index (χ1) is 13.1. The van der Waals surface area contributed by atoms with E-state index in [0.29, 0.717) is 23.2 Å². The van der Waals surface area contributed by atoms with Gasteiger partial charge in [-0.1, -0.05) is 12.1 Å². The molecule has 0 atom stereocenters. The second kappa shape index (κ2) is 5.63. The Balaban J connectivity index is 1.55. The van der Waals surface area contributed by atoms with Gasteiger partial charge in [-0.05, 0) is 30.3 Å². The number of nitrogens with one attached hydrogen (secondary N) is 2. The number of H-pyrrole nitrogens is 1. The van der Waals surface area contributed by atoms with Crippen LogP contribution in [0.5, 0.6) is 0 Å². The van der Waals surface area contributed by atoms with Crippen LogP contribution in [0.3, 0.4) is 0 Å². The quantitative estimate of drug-likeness (QED) is 0.686. The molecule has 0 bridgehead atoms. The number of rotatable bonds is 2. The van der Waals surface area contributed by atoms with Crippen molar-refractivity contribution in [2.75, 3.05) is 11.4 Å². The van der Waals surface area contributed by atoms with Crippen LogP contribution in [0.25, 0.3) is 11.3 Å². The van der Waals surface area contributed by atoms with Gasteiger partial charge >= 0.3 is 0 Å². The Bertz CT molecular complexity index is 1100. The van der Waals surface area contributed by atoms with Crippen molar-refractivity contribution in [3.63, 3.8) is 0 Å². The van der Waals surface area contributed by atoms with E-state index in [1.807, 2.05) is 0 Å². The highest BCUT2D eigenvalue weighted by Crippen LogP contribution is 2.30. The number of hydrogen-bond donors (Lipinski definition) is 2. The van der Waals surface area contributed by atoms with E-state index < -0.39 is 0 Å². The zero-order valence-corrected chi connectivity index (χ0v) is 14.2. The lowest BCUT2D eigenvalue weighted by molar-refractivity contribution is 0.0920. The maximum absolute atomic E-state index is 12.7. The molecule has 1 aromatic carbocycles. The predicted octanol–water partition coefficient (Wildman–Crippen LogP) is 2.16. The molecule has 5 rings (SSSR count). The number of benzene rings is 1. The number of hydrogen-bond acceptors (Lipinski definition) is 4. The molecule has 0 aliphatic carbocycles. The molecule has 0 radical (unpaired) electrons. The number of carbonyl (C=O) groups excluding carboxylic acids is 3. The highest BCUT2D eigenvalue weighted by molar-refractivity contribution is 6.34. The molecular formula is C20H14N4O3. The monoisotopic (exact) mass is 358 g/mol. The Kier molecular flexibility index (Phi) is 3.24. The van der Waals surface area contributed by atoms with Gasteiger partial charge in [-0.25, -0.2) is 9.88 Å². The lowest BCUT2D eigenvalue weighted by Crippen LogP contribution is -2.31. The number of anilines is 1. The van der Waals surface area contributed by atoms with Crippen LogP contribution < -0.4 is 10.2 Å². The van der Waals surface area contributed by atoms with Gasteiger partial charge in [0.25, 0.3) is 17.7 Å². The summed E-state index contributed by atoms with van der Waals surface area (Å²) in [5, 5.41) is 2.81.